The van der Waals surface area contributed by atoms with Crippen LogP contribution in [-0.4, -0.2) is 54.7 Å². The highest BCUT2D eigenvalue weighted by molar-refractivity contribution is 5.75. The molecular weight excluding hydrogens is 333 g/mol. The third-order valence-electron chi connectivity index (χ3n) is 5.60. The summed E-state index contributed by atoms with van der Waals surface area (Å²) in [6.07, 6.45) is 5.30. The van der Waals surface area contributed by atoms with Crippen LogP contribution in [0.25, 0.3) is 0 Å². The van der Waals surface area contributed by atoms with E-state index in [2.05, 4.69) is 17.1 Å². The van der Waals surface area contributed by atoms with Crippen LogP contribution >= 0.6 is 0 Å². The number of carbonyl (C=O) groups is 1. The number of benzene rings is 1. The molecule has 1 aromatic carbocycles. The number of hydrogen-bond donors (Lipinski definition) is 1. The van der Waals surface area contributed by atoms with E-state index in [-0.39, 0.29) is 23.6 Å². The topological polar surface area (TPSA) is 44.8 Å². The Hall–Kier alpha value is -1.82. The largest absolute Gasteiger partial charge is 0.494 e. The minimum atomic E-state index is -0.317. The van der Waals surface area contributed by atoms with Crippen LogP contribution in [0.5, 0.6) is 5.75 Å². The van der Waals surface area contributed by atoms with Crippen molar-refractivity contribution in [3.63, 3.8) is 0 Å². The monoisotopic (exact) mass is 363 g/mol. The van der Waals surface area contributed by atoms with Gasteiger partial charge in [-0.2, -0.15) is 0 Å². The van der Waals surface area contributed by atoms with E-state index in [1.165, 1.54) is 13.5 Å². The lowest BCUT2D eigenvalue weighted by atomic mass is 10.0. The highest BCUT2D eigenvalue weighted by Crippen LogP contribution is 2.21. The van der Waals surface area contributed by atoms with Gasteiger partial charge in [0.2, 0.25) is 0 Å². The lowest BCUT2D eigenvalue weighted by molar-refractivity contribution is 0.143. The van der Waals surface area contributed by atoms with Gasteiger partial charge in [-0.1, -0.05) is 6.07 Å². The standard InChI is InChI=1S/C20H30FN3O2/c1-15-5-3-4-10-24(15)20(25)22-17-8-11-23(12-9-17)14-16-6-7-19(26-2)18(21)13-16/h6-7,13,15,17H,3-5,8-12,14H2,1-2H3,(H,22,25). The molecule has 2 fully saturated rings. The first-order valence-corrected chi connectivity index (χ1v) is 9.68. The van der Waals surface area contributed by atoms with Crippen LogP contribution in [0.2, 0.25) is 0 Å². The normalized spacial score (nSPS) is 22.3. The van der Waals surface area contributed by atoms with Crippen LogP contribution in [0.15, 0.2) is 18.2 Å². The van der Waals surface area contributed by atoms with Gasteiger partial charge in [-0.3, -0.25) is 4.90 Å². The molecule has 26 heavy (non-hydrogen) atoms. The molecular formula is C20H30FN3O2. The van der Waals surface area contributed by atoms with Gasteiger partial charge in [-0.05, 0) is 56.7 Å². The minimum Gasteiger partial charge on any atom is -0.494 e. The number of hydrogen-bond acceptors (Lipinski definition) is 3. The van der Waals surface area contributed by atoms with Gasteiger partial charge in [0.25, 0.3) is 0 Å². The Morgan fingerprint density at radius 3 is 2.65 bits per heavy atom. The molecule has 0 radical (unpaired) electrons. The van der Waals surface area contributed by atoms with E-state index < -0.39 is 0 Å². The molecule has 0 saturated carbocycles. The van der Waals surface area contributed by atoms with E-state index in [4.69, 9.17) is 4.74 Å². The Bertz CT molecular complexity index is 617. The summed E-state index contributed by atoms with van der Waals surface area (Å²) in [4.78, 5) is 16.8. The van der Waals surface area contributed by atoms with E-state index in [1.807, 2.05) is 11.0 Å². The molecule has 144 valence electrons. The third kappa shape index (κ3) is 4.67. The molecule has 2 heterocycles. The number of nitrogens with one attached hydrogen (secondary N) is 1. The van der Waals surface area contributed by atoms with Gasteiger partial charge in [-0.15, -0.1) is 0 Å². The number of piperidine rings is 2. The maximum absolute atomic E-state index is 13.8. The molecule has 1 aromatic rings. The summed E-state index contributed by atoms with van der Waals surface area (Å²) in [6, 6.07) is 5.80. The molecule has 0 aromatic heterocycles. The number of nitrogens with zero attached hydrogens (tertiary/aromatic N) is 2. The quantitative estimate of drug-likeness (QED) is 0.892. The van der Waals surface area contributed by atoms with E-state index >= 15 is 0 Å². The predicted molar refractivity (Wildman–Crippen MR) is 99.8 cm³/mol. The lowest BCUT2D eigenvalue weighted by Crippen LogP contribution is -2.52. The first-order valence-electron chi connectivity index (χ1n) is 9.68. The second-order valence-electron chi connectivity index (χ2n) is 7.51. The number of likely N-dealkylation sites (tertiary alicyclic amines) is 2. The van der Waals surface area contributed by atoms with Crippen LogP contribution in [0.4, 0.5) is 9.18 Å². The molecule has 0 spiro atoms. The summed E-state index contributed by atoms with van der Waals surface area (Å²) >= 11 is 0. The molecule has 2 amide bonds. The number of ether oxygens (including phenoxy) is 1. The van der Waals surface area contributed by atoms with Crippen molar-refractivity contribution in [1.29, 1.82) is 0 Å². The molecule has 0 bridgehead atoms. The van der Waals surface area contributed by atoms with Gasteiger partial charge in [0, 0.05) is 38.3 Å². The van der Waals surface area contributed by atoms with Gasteiger partial charge in [-0.25, -0.2) is 9.18 Å². The average Bonchev–Trinajstić information content (AvgIpc) is 2.64. The zero-order valence-electron chi connectivity index (χ0n) is 15.8. The molecule has 6 heteroatoms. The summed E-state index contributed by atoms with van der Waals surface area (Å²) < 4.78 is 18.8. The highest BCUT2D eigenvalue weighted by atomic mass is 19.1. The van der Waals surface area contributed by atoms with Crippen LogP contribution in [0, 0.1) is 5.82 Å². The van der Waals surface area contributed by atoms with Gasteiger partial charge in [0.15, 0.2) is 11.6 Å². The Morgan fingerprint density at radius 2 is 2.00 bits per heavy atom. The predicted octanol–water partition coefficient (Wildman–Crippen LogP) is 3.38. The molecule has 1 N–H and O–H groups in total. The van der Waals surface area contributed by atoms with Gasteiger partial charge < -0.3 is 15.0 Å². The van der Waals surface area contributed by atoms with Crippen LogP contribution in [-0.2, 0) is 6.54 Å². The Kier molecular flexibility index (Phi) is 6.35. The third-order valence-corrected chi connectivity index (χ3v) is 5.60. The van der Waals surface area contributed by atoms with E-state index in [9.17, 15) is 9.18 Å². The summed E-state index contributed by atoms with van der Waals surface area (Å²) in [7, 11) is 1.47. The number of methoxy groups -OCH3 is 1. The summed E-state index contributed by atoms with van der Waals surface area (Å²) in [5, 5.41) is 3.21. The first-order chi connectivity index (χ1) is 12.6. The van der Waals surface area contributed by atoms with Crippen molar-refractivity contribution in [3.05, 3.63) is 29.6 Å². The fraction of sp³-hybridized carbons (Fsp3) is 0.650. The number of carbonyl (C=O) groups excluding carboxylic acids is 1. The molecule has 1 atom stereocenters. The maximum atomic E-state index is 13.8. The van der Waals surface area contributed by atoms with Crippen molar-refractivity contribution in [2.24, 2.45) is 0 Å². The van der Waals surface area contributed by atoms with Crippen molar-refractivity contribution in [2.45, 2.75) is 57.7 Å². The molecule has 2 saturated heterocycles. The fourth-order valence-electron chi connectivity index (χ4n) is 3.96. The van der Waals surface area contributed by atoms with Crippen molar-refractivity contribution in [2.75, 3.05) is 26.7 Å². The van der Waals surface area contributed by atoms with Gasteiger partial charge >= 0.3 is 6.03 Å². The SMILES string of the molecule is COc1ccc(CN2CCC(NC(=O)N3CCCCC3C)CC2)cc1F. The Labute approximate surface area is 155 Å². The second-order valence-corrected chi connectivity index (χ2v) is 7.51. The molecule has 3 rings (SSSR count). The highest BCUT2D eigenvalue weighted by Gasteiger charge is 2.26. The summed E-state index contributed by atoms with van der Waals surface area (Å²) in [5.41, 5.74) is 0.952. The first kappa shape index (κ1) is 19.0. The van der Waals surface area contributed by atoms with Crippen LogP contribution in [0.1, 0.15) is 44.6 Å². The second kappa shape index (κ2) is 8.71. The Balaban J connectivity index is 1.45. The molecule has 2 aliphatic heterocycles. The summed E-state index contributed by atoms with van der Waals surface area (Å²) in [5.74, 6) is -0.0371. The van der Waals surface area contributed by atoms with Crippen molar-refractivity contribution >= 4 is 6.03 Å². The smallest absolute Gasteiger partial charge is 0.317 e. The number of amides is 2. The van der Waals surface area contributed by atoms with Crippen molar-refractivity contribution in [1.82, 2.24) is 15.1 Å². The van der Waals surface area contributed by atoms with E-state index in [0.29, 0.717) is 6.04 Å². The minimum absolute atomic E-state index is 0.0906. The van der Waals surface area contributed by atoms with Crippen LogP contribution in [0.3, 0.4) is 0 Å². The van der Waals surface area contributed by atoms with Gasteiger partial charge in [0.05, 0.1) is 7.11 Å². The average molecular weight is 363 g/mol. The van der Waals surface area contributed by atoms with Crippen molar-refractivity contribution < 1.29 is 13.9 Å². The zero-order valence-corrected chi connectivity index (χ0v) is 15.8. The van der Waals surface area contributed by atoms with E-state index in [1.54, 1.807) is 12.1 Å². The maximum Gasteiger partial charge on any atom is 0.317 e. The molecule has 5 nitrogen and oxygen atoms in total. The number of rotatable bonds is 4. The number of urea groups is 1. The number of halogens is 1. The summed E-state index contributed by atoms with van der Waals surface area (Å²) in [6.45, 7) is 5.55. The molecule has 0 aliphatic carbocycles. The van der Waals surface area contributed by atoms with Crippen molar-refractivity contribution in [3.8, 4) is 5.75 Å². The molecule has 2 aliphatic rings. The van der Waals surface area contributed by atoms with Crippen LogP contribution < -0.4 is 10.1 Å². The lowest BCUT2D eigenvalue weighted by Gasteiger charge is -2.37. The molecule has 1 unspecified atom stereocenters. The Morgan fingerprint density at radius 1 is 1.23 bits per heavy atom. The zero-order chi connectivity index (χ0) is 18.5. The fourth-order valence-corrected chi connectivity index (χ4v) is 3.96. The van der Waals surface area contributed by atoms with E-state index in [0.717, 1.165) is 57.4 Å². The van der Waals surface area contributed by atoms with Gasteiger partial charge in [0.1, 0.15) is 0 Å².